The van der Waals surface area contributed by atoms with Crippen LogP contribution >= 0.6 is 12.4 Å². The van der Waals surface area contributed by atoms with E-state index >= 15 is 0 Å². The number of hydrogen-bond donors (Lipinski definition) is 1. The first kappa shape index (κ1) is 17.6. The van der Waals surface area contributed by atoms with Gasteiger partial charge in [-0.2, -0.15) is 0 Å². The minimum atomic E-state index is 0. The fraction of sp³-hybridized carbons (Fsp3) is 0.533. The van der Waals surface area contributed by atoms with E-state index in [1.165, 1.54) is 0 Å². The van der Waals surface area contributed by atoms with E-state index < -0.39 is 0 Å². The molecular formula is C15H23ClN2O3. The Kier molecular flexibility index (Phi) is 6.78. The van der Waals surface area contributed by atoms with Crippen molar-refractivity contribution in [1.29, 1.82) is 0 Å². The van der Waals surface area contributed by atoms with Gasteiger partial charge < -0.3 is 20.1 Å². The van der Waals surface area contributed by atoms with Crippen LogP contribution in [0.25, 0.3) is 0 Å². The fourth-order valence-electron chi connectivity index (χ4n) is 2.74. The Morgan fingerprint density at radius 3 is 2.67 bits per heavy atom. The van der Waals surface area contributed by atoms with Crippen molar-refractivity contribution in [3.63, 3.8) is 0 Å². The molecule has 2 N–H and O–H groups in total. The number of nitrogens with zero attached hydrogens (tertiary/aromatic N) is 1. The minimum absolute atomic E-state index is 0. The number of hydrogen-bond acceptors (Lipinski definition) is 4. The van der Waals surface area contributed by atoms with Gasteiger partial charge in [-0.3, -0.25) is 4.79 Å². The number of methoxy groups -OCH3 is 2. The number of likely N-dealkylation sites (tertiary alicyclic amines) is 1. The zero-order valence-electron chi connectivity index (χ0n) is 12.5. The third-order valence-electron chi connectivity index (χ3n) is 3.72. The van der Waals surface area contributed by atoms with Crippen molar-refractivity contribution in [2.75, 3.05) is 27.3 Å². The van der Waals surface area contributed by atoms with Gasteiger partial charge in [-0.1, -0.05) is 6.07 Å². The number of nitrogens with two attached hydrogens (primary N) is 1. The summed E-state index contributed by atoms with van der Waals surface area (Å²) in [6.45, 7) is 1.20. The zero-order chi connectivity index (χ0) is 14.5. The average Bonchev–Trinajstić information content (AvgIpc) is 2.96. The van der Waals surface area contributed by atoms with Gasteiger partial charge >= 0.3 is 0 Å². The van der Waals surface area contributed by atoms with Gasteiger partial charge in [0.2, 0.25) is 5.91 Å². The lowest BCUT2D eigenvalue weighted by atomic mass is 10.0. The number of carbonyl (C=O) groups is 1. The van der Waals surface area contributed by atoms with E-state index in [9.17, 15) is 4.79 Å². The van der Waals surface area contributed by atoms with Gasteiger partial charge in [0, 0.05) is 19.5 Å². The molecule has 0 spiro atoms. The molecule has 1 aromatic carbocycles. The Hall–Kier alpha value is -1.46. The summed E-state index contributed by atoms with van der Waals surface area (Å²) in [5.41, 5.74) is 6.57. The van der Waals surface area contributed by atoms with Crippen LogP contribution in [0.1, 0.15) is 30.9 Å². The summed E-state index contributed by atoms with van der Waals surface area (Å²) in [7, 11) is 3.23. The van der Waals surface area contributed by atoms with Gasteiger partial charge in [0.1, 0.15) is 0 Å². The molecule has 1 saturated heterocycles. The van der Waals surface area contributed by atoms with E-state index in [1.54, 1.807) is 14.2 Å². The molecule has 6 heteroatoms. The first-order valence-corrected chi connectivity index (χ1v) is 6.92. The minimum Gasteiger partial charge on any atom is -0.493 e. The normalized spacial score (nSPS) is 17.3. The second-order valence-corrected chi connectivity index (χ2v) is 4.90. The van der Waals surface area contributed by atoms with Crippen LogP contribution in [0.2, 0.25) is 0 Å². The topological polar surface area (TPSA) is 64.8 Å². The SMILES string of the molecule is COc1ccc(C2CCCN2C(=O)CCN)cc1OC.Cl. The standard InChI is InChI=1S/C15H22N2O3.ClH/c1-19-13-6-5-11(10-14(13)20-2)12-4-3-9-17(12)15(18)7-8-16;/h5-6,10,12H,3-4,7-9,16H2,1-2H3;1H. The molecule has 5 nitrogen and oxygen atoms in total. The Morgan fingerprint density at radius 1 is 1.33 bits per heavy atom. The van der Waals surface area contributed by atoms with Gasteiger partial charge in [-0.05, 0) is 30.5 Å². The number of benzene rings is 1. The van der Waals surface area contributed by atoms with Crippen molar-refractivity contribution in [3.05, 3.63) is 23.8 Å². The van der Waals surface area contributed by atoms with E-state index in [0.717, 1.165) is 24.9 Å². The van der Waals surface area contributed by atoms with Crippen molar-refractivity contribution in [3.8, 4) is 11.5 Å². The van der Waals surface area contributed by atoms with Gasteiger partial charge in [0.05, 0.1) is 20.3 Å². The van der Waals surface area contributed by atoms with Crippen LogP contribution in [0.15, 0.2) is 18.2 Å². The van der Waals surface area contributed by atoms with Crippen molar-refractivity contribution < 1.29 is 14.3 Å². The van der Waals surface area contributed by atoms with E-state index in [4.69, 9.17) is 15.2 Å². The number of rotatable bonds is 5. The fourth-order valence-corrected chi connectivity index (χ4v) is 2.74. The highest BCUT2D eigenvalue weighted by molar-refractivity contribution is 5.85. The largest absolute Gasteiger partial charge is 0.493 e. The molecule has 0 saturated carbocycles. The van der Waals surface area contributed by atoms with E-state index in [-0.39, 0.29) is 24.4 Å². The quantitative estimate of drug-likeness (QED) is 0.904. The lowest BCUT2D eigenvalue weighted by Gasteiger charge is -2.25. The summed E-state index contributed by atoms with van der Waals surface area (Å²) < 4.78 is 10.6. The number of halogens is 1. The molecule has 1 fully saturated rings. The smallest absolute Gasteiger partial charge is 0.224 e. The molecule has 1 aliphatic rings. The molecule has 0 aliphatic carbocycles. The molecule has 0 aromatic heterocycles. The molecule has 1 aromatic rings. The zero-order valence-corrected chi connectivity index (χ0v) is 13.3. The third-order valence-corrected chi connectivity index (χ3v) is 3.72. The molecule has 118 valence electrons. The van der Waals surface area contributed by atoms with Crippen LogP contribution in [-0.4, -0.2) is 38.1 Å². The number of carbonyl (C=O) groups excluding carboxylic acids is 1. The predicted octanol–water partition coefficient (Wildman–Crippen LogP) is 2.14. The van der Waals surface area contributed by atoms with Crippen LogP contribution in [0.4, 0.5) is 0 Å². The third kappa shape index (κ3) is 3.80. The van der Waals surface area contributed by atoms with Crippen LogP contribution in [0, 0.1) is 0 Å². The summed E-state index contributed by atoms with van der Waals surface area (Å²) >= 11 is 0. The molecule has 1 atom stereocenters. The maximum atomic E-state index is 12.1. The van der Waals surface area contributed by atoms with E-state index in [0.29, 0.717) is 24.5 Å². The number of ether oxygens (including phenoxy) is 2. The molecule has 1 unspecified atom stereocenters. The Labute approximate surface area is 131 Å². The second kappa shape index (κ2) is 8.10. The summed E-state index contributed by atoms with van der Waals surface area (Å²) in [6, 6.07) is 5.96. The highest BCUT2D eigenvalue weighted by Gasteiger charge is 2.29. The maximum absolute atomic E-state index is 12.1. The molecule has 2 rings (SSSR count). The second-order valence-electron chi connectivity index (χ2n) is 4.90. The van der Waals surface area contributed by atoms with Crippen molar-refractivity contribution in [2.45, 2.75) is 25.3 Å². The summed E-state index contributed by atoms with van der Waals surface area (Å²) in [5, 5.41) is 0. The molecule has 0 radical (unpaired) electrons. The summed E-state index contributed by atoms with van der Waals surface area (Å²) in [6.07, 6.45) is 2.41. The van der Waals surface area contributed by atoms with Gasteiger partial charge in [0.15, 0.2) is 11.5 Å². The van der Waals surface area contributed by atoms with Crippen LogP contribution in [-0.2, 0) is 4.79 Å². The Bertz CT molecular complexity index is 482. The van der Waals surface area contributed by atoms with Crippen molar-refractivity contribution >= 4 is 18.3 Å². The predicted molar refractivity (Wildman–Crippen MR) is 84.2 cm³/mol. The number of amides is 1. The van der Waals surface area contributed by atoms with E-state index in [1.807, 2.05) is 23.1 Å². The monoisotopic (exact) mass is 314 g/mol. The van der Waals surface area contributed by atoms with Gasteiger partial charge in [-0.15, -0.1) is 12.4 Å². The van der Waals surface area contributed by atoms with Crippen molar-refractivity contribution in [2.24, 2.45) is 5.73 Å². The highest BCUT2D eigenvalue weighted by atomic mass is 35.5. The molecular weight excluding hydrogens is 292 g/mol. The molecule has 1 amide bonds. The lowest BCUT2D eigenvalue weighted by molar-refractivity contribution is -0.131. The molecule has 1 heterocycles. The molecule has 0 bridgehead atoms. The van der Waals surface area contributed by atoms with E-state index in [2.05, 4.69) is 0 Å². The maximum Gasteiger partial charge on any atom is 0.224 e. The molecule has 1 aliphatic heterocycles. The molecule has 21 heavy (non-hydrogen) atoms. The average molecular weight is 315 g/mol. The van der Waals surface area contributed by atoms with Crippen LogP contribution < -0.4 is 15.2 Å². The van der Waals surface area contributed by atoms with Crippen LogP contribution in [0.3, 0.4) is 0 Å². The summed E-state index contributed by atoms with van der Waals surface area (Å²) in [4.78, 5) is 14.0. The first-order valence-electron chi connectivity index (χ1n) is 6.92. The van der Waals surface area contributed by atoms with Crippen molar-refractivity contribution in [1.82, 2.24) is 4.90 Å². The first-order chi connectivity index (χ1) is 9.71. The Balaban J connectivity index is 0.00000220. The van der Waals surface area contributed by atoms with Gasteiger partial charge in [-0.25, -0.2) is 0 Å². The highest BCUT2D eigenvalue weighted by Crippen LogP contribution is 2.37. The van der Waals surface area contributed by atoms with Gasteiger partial charge in [0.25, 0.3) is 0 Å². The Morgan fingerprint density at radius 2 is 2.05 bits per heavy atom. The lowest BCUT2D eigenvalue weighted by Crippen LogP contribution is -2.31. The van der Waals surface area contributed by atoms with Crippen LogP contribution in [0.5, 0.6) is 11.5 Å². The summed E-state index contributed by atoms with van der Waals surface area (Å²) in [5.74, 6) is 1.53.